The zero-order valence-corrected chi connectivity index (χ0v) is 10.0. The summed E-state index contributed by atoms with van der Waals surface area (Å²) in [6.07, 6.45) is 0. The Balaban J connectivity index is 3.02. The first-order chi connectivity index (χ1) is 7.75. The first-order valence-corrected chi connectivity index (χ1v) is 5.35. The Bertz CT molecular complexity index is 405. The number of rotatable bonds is 4. The Morgan fingerprint density at radius 2 is 1.82 bits per heavy atom. The van der Waals surface area contributed by atoms with E-state index in [1.165, 1.54) is 6.92 Å². The van der Waals surface area contributed by atoms with Gasteiger partial charge in [-0.2, -0.15) is 0 Å². The lowest BCUT2D eigenvalue weighted by Gasteiger charge is -2.26. The molecule has 1 rings (SSSR count). The van der Waals surface area contributed by atoms with Gasteiger partial charge in [0.2, 0.25) is 0 Å². The van der Waals surface area contributed by atoms with Crippen LogP contribution in [-0.2, 0) is 5.60 Å². The topological polar surface area (TPSA) is 32.3 Å². The van der Waals surface area contributed by atoms with Gasteiger partial charge in [0.05, 0.1) is 0 Å². The van der Waals surface area contributed by atoms with Gasteiger partial charge in [-0.15, -0.1) is 0 Å². The summed E-state index contributed by atoms with van der Waals surface area (Å²) in [7, 11) is 0. The number of nitrogens with one attached hydrogen (secondary N) is 1. The van der Waals surface area contributed by atoms with Gasteiger partial charge in [0.25, 0.3) is 0 Å². The highest BCUT2D eigenvalue weighted by molar-refractivity contribution is 5.26. The lowest BCUT2D eigenvalue weighted by Crippen LogP contribution is -2.39. The van der Waals surface area contributed by atoms with Gasteiger partial charge in [0.15, 0.2) is 17.5 Å². The number of halogens is 3. The minimum Gasteiger partial charge on any atom is -0.384 e. The summed E-state index contributed by atoms with van der Waals surface area (Å²) in [4.78, 5) is 0. The molecule has 1 unspecified atom stereocenters. The minimum atomic E-state index is -1.59. The number of aliphatic hydroxyl groups is 1. The Labute approximate surface area is 98.5 Å². The van der Waals surface area contributed by atoms with Gasteiger partial charge in [-0.05, 0) is 13.0 Å². The van der Waals surface area contributed by atoms with Crippen molar-refractivity contribution in [1.82, 2.24) is 5.32 Å². The number of benzene rings is 1. The first-order valence-electron chi connectivity index (χ1n) is 5.35. The van der Waals surface area contributed by atoms with Gasteiger partial charge < -0.3 is 10.4 Å². The summed E-state index contributed by atoms with van der Waals surface area (Å²) >= 11 is 0. The molecule has 17 heavy (non-hydrogen) atoms. The van der Waals surface area contributed by atoms with Crippen LogP contribution >= 0.6 is 0 Å². The van der Waals surface area contributed by atoms with E-state index in [2.05, 4.69) is 5.32 Å². The van der Waals surface area contributed by atoms with Crippen LogP contribution in [0.2, 0.25) is 0 Å². The fourth-order valence-electron chi connectivity index (χ4n) is 1.44. The van der Waals surface area contributed by atoms with Crippen molar-refractivity contribution in [2.45, 2.75) is 32.4 Å². The lowest BCUT2D eigenvalue weighted by molar-refractivity contribution is 0.0503. The largest absolute Gasteiger partial charge is 0.384 e. The van der Waals surface area contributed by atoms with Crippen molar-refractivity contribution in [3.8, 4) is 0 Å². The van der Waals surface area contributed by atoms with Gasteiger partial charge in [0, 0.05) is 18.2 Å². The molecular formula is C12H16F3NO. The Morgan fingerprint density at radius 1 is 1.24 bits per heavy atom. The molecule has 0 radical (unpaired) electrons. The van der Waals surface area contributed by atoms with E-state index in [4.69, 9.17) is 0 Å². The fourth-order valence-corrected chi connectivity index (χ4v) is 1.44. The van der Waals surface area contributed by atoms with Crippen LogP contribution in [0.3, 0.4) is 0 Å². The molecule has 5 heteroatoms. The van der Waals surface area contributed by atoms with E-state index >= 15 is 0 Å². The zero-order chi connectivity index (χ0) is 13.2. The van der Waals surface area contributed by atoms with Crippen LogP contribution < -0.4 is 5.32 Å². The van der Waals surface area contributed by atoms with Gasteiger partial charge in [-0.25, -0.2) is 13.2 Å². The molecule has 0 saturated carbocycles. The van der Waals surface area contributed by atoms with Crippen LogP contribution in [-0.4, -0.2) is 17.7 Å². The van der Waals surface area contributed by atoms with Crippen molar-refractivity contribution in [2.24, 2.45) is 0 Å². The summed E-state index contributed by atoms with van der Waals surface area (Å²) in [5, 5.41) is 13.0. The molecule has 2 N–H and O–H groups in total. The third-order valence-corrected chi connectivity index (χ3v) is 2.47. The molecular weight excluding hydrogens is 231 g/mol. The van der Waals surface area contributed by atoms with Crippen molar-refractivity contribution in [3.63, 3.8) is 0 Å². The van der Waals surface area contributed by atoms with Gasteiger partial charge in [0.1, 0.15) is 5.60 Å². The van der Waals surface area contributed by atoms with E-state index in [-0.39, 0.29) is 18.2 Å². The third-order valence-electron chi connectivity index (χ3n) is 2.47. The van der Waals surface area contributed by atoms with Crippen molar-refractivity contribution in [1.29, 1.82) is 0 Å². The maximum atomic E-state index is 13.5. The summed E-state index contributed by atoms with van der Waals surface area (Å²) < 4.78 is 39.3. The summed E-state index contributed by atoms with van der Waals surface area (Å²) in [6, 6.07) is 1.95. The molecule has 0 spiro atoms. The molecule has 1 atom stereocenters. The highest BCUT2D eigenvalue weighted by atomic mass is 19.2. The highest BCUT2D eigenvalue weighted by Crippen LogP contribution is 2.25. The van der Waals surface area contributed by atoms with Crippen molar-refractivity contribution in [3.05, 3.63) is 35.1 Å². The predicted molar refractivity (Wildman–Crippen MR) is 59.0 cm³/mol. The fraction of sp³-hybridized carbons (Fsp3) is 0.500. The summed E-state index contributed by atoms with van der Waals surface area (Å²) in [5.41, 5.74) is -1.85. The average Bonchev–Trinajstić information content (AvgIpc) is 2.23. The summed E-state index contributed by atoms with van der Waals surface area (Å²) in [6.45, 7) is 5.11. The lowest BCUT2D eigenvalue weighted by atomic mass is 9.95. The monoisotopic (exact) mass is 247 g/mol. The normalized spacial score (nSPS) is 15.1. The van der Waals surface area contributed by atoms with Gasteiger partial charge >= 0.3 is 0 Å². The van der Waals surface area contributed by atoms with E-state index in [9.17, 15) is 18.3 Å². The van der Waals surface area contributed by atoms with Crippen molar-refractivity contribution in [2.75, 3.05) is 6.54 Å². The average molecular weight is 247 g/mol. The van der Waals surface area contributed by atoms with Crippen LogP contribution in [0.1, 0.15) is 26.3 Å². The standard InChI is InChI=1S/C12H16F3NO/c1-7(2)16-6-12(3,17)8-4-5-9(13)11(15)10(8)14/h4-5,7,16-17H,6H2,1-3H3. The van der Waals surface area contributed by atoms with Crippen LogP contribution in [0.4, 0.5) is 13.2 Å². The third kappa shape index (κ3) is 3.20. The second kappa shape index (κ2) is 5.06. The van der Waals surface area contributed by atoms with Gasteiger partial charge in [-0.1, -0.05) is 19.9 Å². The molecule has 1 aromatic carbocycles. The van der Waals surface area contributed by atoms with Crippen LogP contribution in [0.25, 0.3) is 0 Å². The molecule has 0 aliphatic heterocycles. The maximum Gasteiger partial charge on any atom is 0.194 e. The van der Waals surface area contributed by atoms with E-state index in [1.54, 1.807) is 0 Å². The second-order valence-electron chi connectivity index (χ2n) is 4.53. The minimum absolute atomic E-state index is 0.0483. The van der Waals surface area contributed by atoms with E-state index in [1.807, 2.05) is 13.8 Å². The number of hydrogen-bond donors (Lipinski definition) is 2. The van der Waals surface area contributed by atoms with E-state index in [0.29, 0.717) is 0 Å². The second-order valence-corrected chi connectivity index (χ2v) is 4.53. The molecule has 0 amide bonds. The molecule has 0 aliphatic rings. The Kier molecular flexibility index (Phi) is 4.16. The van der Waals surface area contributed by atoms with E-state index < -0.39 is 23.1 Å². The molecule has 0 heterocycles. The van der Waals surface area contributed by atoms with Crippen molar-refractivity contribution < 1.29 is 18.3 Å². The van der Waals surface area contributed by atoms with Crippen LogP contribution in [0.5, 0.6) is 0 Å². The van der Waals surface area contributed by atoms with Crippen molar-refractivity contribution >= 4 is 0 Å². The molecule has 1 aromatic rings. The maximum absolute atomic E-state index is 13.5. The smallest absolute Gasteiger partial charge is 0.194 e. The molecule has 96 valence electrons. The highest BCUT2D eigenvalue weighted by Gasteiger charge is 2.29. The molecule has 0 aliphatic carbocycles. The predicted octanol–water partition coefficient (Wildman–Crippen LogP) is 2.31. The van der Waals surface area contributed by atoms with E-state index in [0.717, 1.165) is 12.1 Å². The quantitative estimate of drug-likeness (QED) is 0.800. The zero-order valence-electron chi connectivity index (χ0n) is 10.0. The number of hydrogen-bond acceptors (Lipinski definition) is 2. The first kappa shape index (κ1) is 14.0. The Hall–Kier alpha value is -1.07. The Morgan fingerprint density at radius 3 is 2.35 bits per heavy atom. The van der Waals surface area contributed by atoms with Crippen LogP contribution in [0.15, 0.2) is 12.1 Å². The van der Waals surface area contributed by atoms with Gasteiger partial charge in [-0.3, -0.25) is 0 Å². The molecule has 0 fully saturated rings. The summed E-state index contributed by atoms with van der Waals surface area (Å²) in [5.74, 6) is -4.17. The molecule has 0 bridgehead atoms. The molecule has 2 nitrogen and oxygen atoms in total. The SMILES string of the molecule is CC(C)NCC(C)(O)c1ccc(F)c(F)c1F. The van der Waals surface area contributed by atoms with Crippen LogP contribution in [0, 0.1) is 17.5 Å². The molecule has 0 aromatic heterocycles. The molecule has 0 saturated heterocycles.